The number of fused-ring (bicyclic) bond motifs is 1. The Morgan fingerprint density at radius 3 is 2.57 bits per heavy atom. The Morgan fingerprint density at radius 1 is 1.13 bits per heavy atom. The first-order chi connectivity index (χ1) is 14.1. The predicted octanol–water partition coefficient (Wildman–Crippen LogP) is 4.69. The molecule has 1 amide bonds. The molecule has 0 fully saturated rings. The summed E-state index contributed by atoms with van der Waals surface area (Å²) in [5.41, 5.74) is 2.74. The van der Waals surface area contributed by atoms with Crippen LogP contribution in [0.4, 0.5) is 10.1 Å². The van der Waals surface area contributed by atoms with E-state index in [1.54, 1.807) is 18.4 Å². The molecule has 4 aromatic rings. The van der Waals surface area contributed by atoms with Crippen molar-refractivity contribution in [1.29, 1.82) is 0 Å². The van der Waals surface area contributed by atoms with Crippen LogP contribution in [-0.4, -0.2) is 25.5 Å². The zero-order valence-electron chi connectivity index (χ0n) is 17.4. The van der Waals surface area contributed by atoms with Gasteiger partial charge >= 0.3 is 0 Å². The fourth-order valence-corrected chi connectivity index (χ4v) is 3.15. The summed E-state index contributed by atoms with van der Waals surface area (Å²) in [5.74, 6) is -0.170. The summed E-state index contributed by atoms with van der Waals surface area (Å²) < 4.78 is 21.5. The third kappa shape index (κ3) is 3.68. The van der Waals surface area contributed by atoms with E-state index in [4.69, 9.17) is 4.42 Å². The minimum Gasteiger partial charge on any atom is -0.436 e. The maximum Gasteiger partial charge on any atom is 0.293 e. The van der Waals surface area contributed by atoms with Gasteiger partial charge in [-0.1, -0.05) is 26.8 Å². The number of aromatic nitrogens is 4. The van der Waals surface area contributed by atoms with Gasteiger partial charge in [-0.25, -0.2) is 18.9 Å². The van der Waals surface area contributed by atoms with Gasteiger partial charge in [-0.15, -0.1) is 5.10 Å². The summed E-state index contributed by atoms with van der Waals surface area (Å²) in [6.45, 7) is 9.68. The molecule has 3 heterocycles. The van der Waals surface area contributed by atoms with Gasteiger partial charge in [0.2, 0.25) is 5.76 Å². The van der Waals surface area contributed by atoms with Gasteiger partial charge in [0.25, 0.3) is 5.91 Å². The Balaban J connectivity index is 1.68. The molecule has 30 heavy (non-hydrogen) atoms. The van der Waals surface area contributed by atoms with Crippen LogP contribution in [0.1, 0.15) is 48.5 Å². The Kier molecular flexibility index (Phi) is 4.64. The topological polar surface area (TPSA) is 85.3 Å². The minimum atomic E-state index is -0.480. The molecule has 0 unspecified atom stereocenters. The van der Waals surface area contributed by atoms with Gasteiger partial charge in [-0.2, -0.15) is 0 Å². The first kappa shape index (κ1) is 19.8. The van der Waals surface area contributed by atoms with Crippen LogP contribution < -0.4 is 5.32 Å². The summed E-state index contributed by atoms with van der Waals surface area (Å²) in [7, 11) is 0. The average molecular weight is 407 g/mol. The number of carbonyl (C=O) groups excluding carboxylic acids is 1. The second kappa shape index (κ2) is 7.05. The van der Waals surface area contributed by atoms with E-state index in [0.29, 0.717) is 22.9 Å². The molecule has 1 N–H and O–H groups in total. The molecule has 0 bridgehead atoms. The van der Waals surface area contributed by atoms with Gasteiger partial charge in [-0.3, -0.25) is 4.79 Å². The molecule has 4 rings (SSSR count). The van der Waals surface area contributed by atoms with Crippen LogP contribution in [0.5, 0.6) is 0 Å². The summed E-state index contributed by atoms with van der Waals surface area (Å²) >= 11 is 0. The van der Waals surface area contributed by atoms with Gasteiger partial charge in [0.05, 0.1) is 11.3 Å². The van der Waals surface area contributed by atoms with Crippen molar-refractivity contribution in [1.82, 2.24) is 19.6 Å². The number of benzene rings is 1. The molecule has 0 aliphatic rings. The fraction of sp³-hybridized carbons (Fsp3) is 0.273. The molecule has 0 saturated carbocycles. The van der Waals surface area contributed by atoms with Gasteiger partial charge < -0.3 is 9.73 Å². The molecule has 8 heteroatoms. The maximum atomic E-state index is 14.5. The van der Waals surface area contributed by atoms with E-state index >= 15 is 0 Å². The van der Waals surface area contributed by atoms with Crippen molar-refractivity contribution in [3.8, 4) is 11.4 Å². The molecular weight excluding hydrogens is 385 g/mol. The van der Waals surface area contributed by atoms with E-state index < -0.39 is 11.7 Å². The van der Waals surface area contributed by atoms with E-state index in [0.717, 1.165) is 5.56 Å². The Labute approximate surface area is 173 Å². The lowest BCUT2D eigenvalue weighted by Gasteiger charge is -2.18. The van der Waals surface area contributed by atoms with E-state index in [1.807, 2.05) is 18.3 Å². The first-order valence-electron chi connectivity index (χ1n) is 9.54. The zero-order chi connectivity index (χ0) is 21.6. The SMILES string of the molecule is Cc1nc(C)c(C(=O)Nc2ccc(F)c(-c3nc4ccc(C(C)(C)C)cn4n3)c2)o1. The molecule has 0 radical (unpaired) electrons. The number of amides is 1. The van der Waals surface area contributed by atoms with Crippen molar-refractivity contribution in [2.24, 2.45) is 0 Å². The van der Waals surface area contributed by atoms with Crippen molar-refractivity contribution in [2.45, 2.75) is 40.0 Å². The molecule has 0 aliphatic heterocycles. The van der Waals surface area contributed by atoms with Crippen molar-refractivity contribution in [3.05, 3.63) is 65.3 Å². The van der Waals surface area contributed by atoms with Crippen LogP contribution in [-0.2, 0) is 5.41 Å². The summed E-state index contributed by atoms with van der Waals surface area (Å²) in [5, 5.41) is 7.15. The largest absolute Gasteiger partial charge is 0.436 e. The van der Waals surface area contributed by atoms with Crippen LogP contribution in [0.3, 0.4) is 0 Å². The molecule has 0 atom stereocenters. The summed E-state index contributed by atoms with van der Waals surface area (Å²) in [6, 6.07) is 8.10. The van der Waals surface area contributed by atoms with Gasteiger partial charge in [0.15, 0.2) is 17.4 Å². The van der Waals surface area contributed by atoms with Crippen molar-refractivity contribution in [3.63, 3.8) is 0 Å². The van der Waals surface area contributed by atoms with Crippen LogP contribution in [0, 0.1) is 19.7 Å². The third-order valence-electron chi connectivity index (χ3n) is 4.77. The Bertz CT molecular complexity index is 1270. The highest BCUT2D eigenvalue weighted by Gasteiger charge is 2.19. The molecule has 154 valence electrons. The Morgan fingerprint density at radius 2 is 1.90 bits per heavy atom. The molecule has 0 spiro atoms. The second-order valence-corrected chi connectivity index (χ2v) is 8.20. The number of anilines is 1. The van der Waals surface area contributed by atoms with E-state index in [2.05, 4.69) is 41.2 Å². The predicted molar refractivity (Wildman–Crippen MR) is 111 cm³/mol. The van der Waals surface area contributed by atoms with E-state index in [-0.39, 0.29) is 22.6 Å². The monoisotopic (exact) mass is 407 g/mol. The first-order valence-corrected chi connectivity index (χ1v) is 9.54. The van der Waals surface area contributed by atoms with Gasteiger partial charge in [0.1, 0.15) is 5.82 Å². The van der Waals surface area contributed by atoms with E-state index in [9.17, 15) is 9.18 Å². The highest BCUT2D eigenvalue weighted by molar-refractivity contribution is 6.03. The number of halogens is 1. The van der Waals surface area contributed by atoms with Crippen LogP contribution in [0.2, 0.25) is 0 Å². The standard InChI is InChI=1S/C22H22FN5O2/c1-12-19(30-13(2)24-12)21(29)25-15-7-8-17(23)16(10-15)20-26-18-9-6-14(22(3,4)5)11-28(18)27-20/h6-11H,1-5H3,(H,25,29). The number of nitrogens with one attached hydrogen (secondary N) is 1. The van der Waals surface area contributed by atoms with Gasteiger partial charge in [-0.05, 0) is 42.2 Å². The normalized spacial score (nSPS) is 11.8. The second-order valence-electron chi connectivity index (χ2n) is 8.20. The number of pyridine rings is 1. The van der Waals surface area contributed by atoms with Crippen LogP contribution >= 0.6 is 0 Å². The number of hydrogen-bond donors (Lipinski definition) is 1. The quantitative estimate of drug-likeness (QED) is 0.532. The minimum absolute atomic E-state index is 0.0487. The lowest BCUT2D eigenvalue weighted by molar-refractivity contribution is 0.0994. The summed E-state index contributed by atoms with van der Waals surface area (Å²) in [6.07, 6.45) is 1.89. The number of nitrogens with zero attached hydrogens (tertiary/aromatic N) is 4. The van der Waals surface area contributed by atoms with Crippen molar-refractivity contribution in [2.75, 3.05) is 5.32 Å². The van der Waals surface area contributed by atoms with Crippen molar-refractivity contribution < 1.29 is 13.6 Å². The molecular formula is C22H22FN5O2. The lowest BCUT2D eigenvalue weighted by atomic mass is 9.88. The van der Waals surface area contributed by atoms with Crippen molar-refractivity contribution >= 4 is 17.2 Å². The van der Waals surface area contributed by atoms with Crippen LogP contribution in [0.15, 0.2) is 40.9 Å². The van der Waals surface area contributed by atoms with Gasteiger partial charge in [0, 0.05) is 18.8 Å². The van der Waals surface area contributed by atoms with E-state index in [1.165, 1.54) is 18.2 Å². The molecule has 1 aromatic carbocycles. The average Bonchev–Trinajstić information content (AvgIpc) is 3.24. The number of hydrogen-bond acceptors (Lipinski definition) is 5. The highest BCUT2D eigenvalue weighted by atomic mass is 19.1. The zero-order valence-corrected chi connectivity index (χ0v) is 17.4. The summed E-state index contributed by atoms with van der Waals surface area (Å²) in [4.78, 5) is 21.0. The molecule has 7 nitrogen and oxygen atoms in total. The fourth-order valence-electron chi connectivity index (χ4n) is 3.15. The molecule has 0 aliphatic carbocycles. The third-order valence-corrected chi connectivity index (χ3v) is 4.77. The van der Waals surface area contributed by atoms with Crippen LogP contribution in [0.25, 0.3) is 17.0 Å². The number of rotatable bonds is 3. The molecule has 3 aromatic heterocycles. The smallest absolute Gasteiger partial charge is 0.293 e. The highest BCUT2D eigenvalue weighted by Crippen LogP contribution is 2.26. The maximum absolute atomic E-state index is 14.5. The molecule has 0 saturated heterocycles. The Hall–Kier alpha value is -3.55. The number of oxazole rings is 1. The lowest BCUT2D eigenvalue weighted by Crippen LogP contribution is -2.12. The number of carbonyl (C=O) groups is 1. The number of aryl methyl sites for hydroxylation is 2.